The lowest BCUT2D eigenvalue weighted by atomic mass is 10.1. The second-order valence-corrected chi connectivity index (χ2v) is 7.20. The highest BCUT2D eigenvalue weighted by molar-refractivity contribution is 7.99. The molecule has 112 valence electrons. The fourth-order valence-corrected chi connectivity index (χ4v) is 3.65. The predicted octanol–water partition coefficient (Wildman–Crippen LogP) is 3.23. The number of hydrogen-bond acceptors (Lipinski definition) is 4. The van der Waals surface area contributed by atoms with Gasteiger partial charge in [0, 0.05) is 10.9 Å². The molecule has 2 aromatic rings. The topological polar surface area (TPSA) is 72.2 Å². The van der Waals surface area contributed by atoms with Crippen molar-refractivity contribution >= 4 is 27.5 Å². The van der Waals surface area contributed by atoms with Gasteiger partial charge in [0.2, 0.25) is 0 Å². The van der Waals surface area contributed by atoms with E-state index in [1.54, 1.807) is 30.3 Å². The summed E-state index contributed by atoms with van der Waals surface area (Å²) in [6.45, 7) is 1.82. The Hall–Kier alpha value is -1.50. The van der Waals surface area contributed by atoms with Crippen molar-refractivity contribution in [3.8, 4) is 0 Å². The van der Waals surface area contributed by atoms with Crippen LogP contribution in [0.4, 0.5) is 5.69 Å². The van der Waals surface area contributed by atoms with Crippen LogP contribution in [-0.2, 0) is 10.0 Å². The molecule has 0 aliphatic rings. The molecule has 0 spiro atoms. The zero-order valence-corrected chi connectivity index (χ0v) is 13.5. The summed E-state index contributed by atoms with van der Waals surface area (Å²) in [5, 5.41) is 0. The van der Waals surface area contributed by atoms with E-state index in [0.29, 0.717) is 5.69 Å². The van der Waals surface area contributed by atoms with Gasteiger partial charge >= 0.3 is 0 Å². The van der Waals surface area contributed by atoms with Crippen LogP contribution in [0.25, 0.3) is 0 Å². The predicted molar refractivity (Wildman–Crippen MR) is 88.1 cm³/mol. The van der Waals surface area contributed by atoms with Gasteiger partial charge in [-0.3, -0.25) is 4.72 Å². The fourth-order valence-electron chi connectivity index (χ4n) is 1.90. The Balaban J connectivity index is 2.36. The number of thioether (sulfide) groups is 1. The second-order valence-electron chi connectivity index (χ2n) is 4.67. The van der Waals surface area contributed by atoms with Crippen molar-refractivity contribution in [1.82, 2.24) is 0 Å². The van der Waals surface area contributed by atoms with Crippen LogP contribution in [0.15, 0.2) is 58.3 Å². The van der Waals surface area contributed by atoms with Gasteiger partial charge in [0.15, 0.2) is 0 Å². The number of rotatable bonds is 5. The van der Waals surface area contributed by atoms with Crippen LogP contribution in [0.3, 0.4) is 0 Å². The van der Waals surface area contributed by atoms with Crippen LogP contribution in [0, 0.1) is 0 Å². The van der Waals surface area contributed by atoms with Crippen molar-refractivity contribution in [2.45, 2.75) is 22.8 Å². The molecule has 0 aliphatic carbocycles. The van der Waals surface area contributed by atoms with Crippen molar-refractivity contribution in [3.63, 3.8) is 0 Å². The van der Waals surface area contributed by atoms with Gasteiger partial charge in [-0.2, -0.15) is 0 Å². The monoisotopic (exact) mass is 322 g/mol. The normalized spacial score (nSPS) is 12.9. The maximum Gasteiger partial charge on any atom is 0.261 e. The highest BCUT2D eigenvalue weighted by Crippen LogP contribution is 2.27. The fraction of sp³-hybridized carbons (Fsp3) is 0.200. The molecule has 4 nitrogen and oxygen atoms in total. The van der Waals surface area contributed by atoms with Gasteiger partial charge in [0.05, 0.1) is 10.6 Å². The lowest BCUT2D eigenvalue weighted by Crippen LogP contribution is -2.14. The van der Waals surface area contributed by atoms with E-state index in [-0.39, 0.29) is 10.9 Å². The molecule has 0 aliphatic heterocycles. The van der Waals surface area contributed by atoms with Crippen LogP contribution in [0.2, 0.25) is 0 Å². The van der Waals surface area contributed by atoms with Gasteiger partial charge in [-0.15, -0.1) is 11.8 Å². The molecule has 0 saturated carbocycles. The molecule has 3 N–H and O–H groups in total. The second kappa shape index (κ2) is 6.51. The average molecular weight is 322 g/mol. The Morgan fingerprint density at radius 3 is 2.52 bits per heavy atom. The summed E-state index contributed by atoms with van der Waals surface area (Å²) in [5.74, 6) is 0. The van der Waals surface area contributed by atoms with Crippen LogP contribution in [0.5, 0.6) is 0 Å². The maximum absolute atomic E-state index is 12.5. The highest BCUT2D eigenvalue weighted by Gasteiger charge is 2.16. The minimum atomic E-state index is -3.62. The van der Waals surface area contributed by atoms with Crippen LogP contribution in [0.1, 0.15) is 18.5 Å². The van der Waals surface area contributed by atoms with Gasteiger partial charge in [-0.05, 0) is 43.0 Å². The smallest absolute Gasteiger partial charge is 0.261 e. The average Bonchev–Trinajstić information content (AvgIpc) is 2.47. The number of para-hydroxylation sites is 1. The molecule has 0 saturated heterocycles. The molecule has 2 rings (SSSR count). The van der Waals surface area contributed by atoms with Crippen LogP contribution >= 0.6 is 11.8 Å². The summed E-state index contributed by atoms with van der Waals surface area (Å²) in [6, 6.07) is 13.8. The van der Waals surface area contributed by atoms with E-state index in [2.05, 4.69) is 4.72 Å². The van der Waals surface area contributed by atoms with Crippen LogP contribution in [-0.4, -0.2) is 14.7 Å². The van der Waals surface area contributed by atoms with Crippen molar-refractivity contribution in [2.24, 2.45) is 5.73 Å². The minimum Gasteiger partial charge on any atom is -0.324 e. The highest BCUT2D eigenvalue weighted by atomic mass is 32.2. The van der Waals surface area contributed by atoms with E-state index < -0.39 is 10.0 Å². The first kappa shape index (κ1) is 15.9. The Kier molecular flexibility index (Phi) is 4.92. The molecule has 0 fully saturated rings. The molecule has 0 bridgehead atoms. The van der Waals surface area contributed by atoms with E-state index in [1.165, 1.54) is 11.8 Å². The summed E-state index contributed by atoms with van der Waals surface area (Å²) < 4.78 is 27.6. The summed E-state index contributed by atoms with van der Waals surface area (Å²) >= 11 is 1.49. The number of nitrogens with two attached hydrogens (primary N) is 1. The molecule has 0 amide bonds. The summed E-state index contributed by atoms with van der Waals surface area (Å²) in [5.41, 5.74) is 7.17. The molecule has 0 heterocycles. The van der Waals surface area contributed by atoms with E-state index in [4.69, 9.17) is 5.73 Å². The van der Waals surface area contributed by atoms with E-state index >= 15 is 0 Å². The number of hydrogen-bond donors (Lipinski definition) is 2. The quantitative estimate of drug-likeness (QED) is 0.829. The first-order valence-corrected chi connectivity index (χ1v) is 9.16. The SMILES string of the molecule is CSc1ccccc1NS(=O)(=O)c1cccc(C(C)N)c1. The van der Waals surface area contributed by atoms with E-state index in [0.717, 1.165) is 10.5 Å². The first-order valence-electron chi connectivity index (χ1n) is 6.45. The van der Waals surface area contributed by atoms with Gasteiger partial charge in [0.1, 0.15) is 0 Å². The van der Waals surface area contributed by atoms with Gasteiger partial charge in [-0.25, -0.2) is 8.42 Å². The lowest BCUT2D eigenvalue weighted by molar-refractivity contribution is 0.601. The maximum atomic E-state index is 12.5. The molecule has 2 aromatic carbocycles. The van der Waals surface area contributed by atoms with Crippen LogP contribution < -0.4 is 10.5 Å². The number of sulfonamides is 1. The van der Waals surface area contributed by atoms with Crippen molar-refractivity contribution in [1.29, 1.82) is 0 Å². The number of nitrogens with one attached hydrogen (secondary N) is 1. The Labute approximate surface area is 129 Å². The number of anilines is 1. The van der Waals surface area contributed by atoms with E-state index in [9.17, 15) is 8.42 Å². The third-order valence-corrected chi connectivity index (χ3v) is 5.20. The van der Waals surface area contributed by atoms with Gasteiger partial charge in [0.25, 0.3) is 10.0 Å². The van der Waals surface area contributed by atoms with Crippen molar-refractivity contribution in [2.75, 3.05) is 11.0 Å². The third-order valence-electron chi connectivity index (χ3n) is 3.05. The first-order chi connectivity index (χ1) is 9.94. The molecule has 6 heteroatoms. The van der Waals surface area contributed by atoms with E-state index in [1.807, 2.05) is 31.4 Å². The molecule has 0 radical (unpaired) electrons. The zero-order valence-electron chi connectivity index (χ0n) is 11.9. The summed E-state index contributed by atoms with van der Waals surface area (Å²) in [6.07, 6.45) is 1.91. The molecular weight excluding hydrogens is 304 g/mol. The standard InChI is InChI=1S/C15H18N2O2S2/c1-11(16)12-6-5-7-13(10-12)21(18,19)17-14-8-3-4-9-15(14)20-2/h3-11,17H,16H2,1-2H3. The summed E-state index contributed by atoms with van der Waals surface area (Å²) in [7, 11) is -3.62. The van der Waals surface area contributed by atoms with Crippen molar-refractivity contribution in [3.05, 3.63) is 54.1 Å². The molecule has 1 unspecified atom stereocenters. The largest absolute Gasteiger partial charge is 0.324 e. The minimum absolute atomic E-state index is 0.210. The Morgan fingerprint density at radius 1 is 1.14 bits per heavy atom. The molecule has 0 aromatic heterocycles. The number of benzene rings is 2. The van der Waals surface area contributed by atoms with Crippen molar-refractivity contribution < 1.29 is 8.42 Å². The van der Waals surface area contributed by atoms with Gasteiger partial charge < -0.3 is 5.73 Å². The molecule has 21 heavy (non-hydrogen) atoms. The zero-order chi connectivity index (χ0) is 15.5. The Morgan fingerprint density at radius 2 is 1.86 bits per heavy atom. The summed E-state index contributed by atoms with van der Waals surface area (Å²) in [4.78, 5) is 1.10. The molecule has 1 atom stereocenters. The van der Waals surface area contributed by atoms with Gasteiger partial charge in [-0.1, -0.05) is 24.3 Å². The third kappa shape index (κ3) is 3.78. The Bertz CT molecular complexity index is 728. The molecular formula is C15H18N2O2S2. The lowest BCUT2D eigenvalue weighted by Gasteiger charge is -2.13.